The van der Waals surface area contributed by atoms with Crippen LogP contribution in [0.15, 0.2) is 30.3 Å². The number of aliphatic hydroxyl groups is 1. The highest BCUT2D eigenvalue weighted by molar-refractivity contribution is 5.71. The molecular formula is C13H18O4. The SMILES string of the molecule is CC(C)C(=O)OCC(O)COc1ccccc1. The summed E-state index contributed by atoms with van der Waals surface area (Å²) in [5.41, 5.74) is 0. The number of hydrogen-bond acceptors (Lipinski definition) is 4. The van der Waals surface area contributed by atoms with Gasteiger partial charge in [-0.05, 0) is 12.1 Å². The molecule has 4 nitrogen and oxygen atoms in total. The number of benzene rings is 1. The van der Waals surface area contributed by atoms with Crippen LogP contribution >= 0.6 is 0 Å². The van der Waals surface area contributed by atoms with E-state index in [0.717, 1.165) is 0 Å². The fourth-order valence-electron chi connectivity index (χ4n) is 1.10. The molecule has 1 unspecified atom stereocenters. The first-order valence-corrected chi connectivity index (χ1v) is 5.62. The molecule has 0 heterocycles. The molecule has 0 fully saturated rings. The lowest BCUT2D eigenvalue weighted by atomic mass is 10.2. The van der Waals surface area contributed by atoms with Gasteiger partial charge in [0.2, 0.25) is 0 Å². The zero-order valence-corrected chi connectivity index (χ0v) is 10.1. The maximum atomic E-state index is 11.1. The number of aliphatic hydroxyl groups excluding tert-OH is 1. The molecule has 17 heavy (non-hydrogen) atoms. The molecule has 0 aliphatic rings. The van der Waals surface area contributed by atoms with Gasteiger partial charge in [-0.25, -0.2) is 0 Å². The van der Waals surface area contributed by atoms with Crippen molar-refractivity contribution in [2.24, 2.45) is 5.92 Å². The van der Waals surface area contributed by atoms with Gasteiger partial charge < -0.3 is 14.6 Å². The molecule has 4 heteroatoms. The minimum atomic E-state index is -0.807. The molecule has 0 amide bonds. The summed E-state index contributed by atoms with van der Waals surface area (Å²) in [7, 11) is 0. The van der Waals surface area contributed by atoms with Crippen LogP contribution < -0.4 is 4.74 Å². The van der Waals surface area contributed by atoms with Gasteiger partial charge in [0.15, 0.2) is 0 Å². The van der Waals surface area contributed by atoms with Gasteiger partial charge in [-0.15, -0.1) is 0 Å². The summed E-state index contributed by atoms with van der Waals surface area (Å²) in [4.78, 5) is 11.1. The van der Waals surface area contributed by atoms with Gasteiger partial charge in [-0.1, -0.05) is 32.0 Å². The lowest BCUT2D eigenvalue weighted by Gasteiger charge is -2.13. The fourth-order valence-corrected chi connectivity index (χ4v) is 1.10. The lowest BCUT2D eigenvalue weighted by molar-refractivity contribution is -0.150. The van der Waals surface area contributed by atoms with Crippen LogP contribution in [0.2, 0.25) is 0 Å². The normalized spacial score (nSPS) is 12.2. The molecule has 1 rings (SSSR count). The molecule has 0 saturated carbocycles. The molecular weight excluding hydrogens is 220 g/mol. The highest BCUT2D eigenvalue weighted by atomic mass is 16.5. The molecule has 1 N–H and O–H groups in total. The molecule has 0 saturated heterocycles. The van der Waals surface area contributed by atoms with Gasteiger partial charge in [-0.2, -0.15) is 0 Å². The second-order valence-corrected chi connectivity index (χ2v) is 4.06. The highest BCUT2D eigenvalue weighted by Gasteiger charge is 2.12. The van der Waals surface area contributed by atoms with Crippen molar-refractivity contribution >= 4 is 5.97 Å². The van der Waals surface area contributed by atoms with E-state index in [4.69, 9.17) is 9.47 Å². The third-order valence-corrected chi connectivity index (χ3v) is 2.07. The van der Waals surface area contributed by atoms with Gasteiger partial charge in [-0.3, -0.25) is 4.79 Å². The van der Waals surface area contributed by atoms with Crippen LogP contribution in [0.25, 0.3) is 0 Å². The third kappa shape index (κ3) is 5.36. The Labute approximate surface area is 101 Å². The summed E-state index contributed by atoms with van der Waals surface area (Å²) in [5.74, 6) is 0.183. The predicted octanol–water partition coefficient (Wildman–Crippen LogP) is 1.63. The average molecular weight is 238 g/mol. The molecule has 1 atom stereocenters. The van der Waals surface area contributed by atoms with E-state index < -0.39 is 6.10 Å². The number of rotatable bonds is 6. The van der Waals surface area contributed by atoms with E-state index in [1.165, 1.54) is 0 Å². The molecule has 0 aromatic heterocycles. The molecule has 0 aliphatic carbocycles. The fraction of sp³-hybridized carbons (Fsp3) is 0.462. The number of ether oxygens (including phenoxy) is 2. The third-order valence-electron chi connectivity index (χ3n) is 2.07. The van der Waals surface area contributed by atoms with Crippen molar-refractivity contribution in [1.82, 2.24) is 0 Å². The minimum absolute atomic E-state index is 0.0379. The van der Waals surface area contributed by atoms with Crippen molar-refractivity contribution in [2.45, 2.75) is 20.0 Å². The molecule has 1 aromatic rings. The molecule has 0 aliphatic heterocycles. The van der Waals surface area contributed by atoms with Crippen molar-refractivity contribution in [3.05, 3.63) is 30.3 Å². The van der Waals surface area contributed by atoms with Crippen LogP contribution in [0.1, 0.15) is 13.8 Å². The standard InChI is InChI=1S/C13H18O4/c1-10(2)13(15)17-9-11(14)8-16-12-6-4-3-5-7-12/h3-7,10-11,14H,8-9H2,1-2H3. The second-order valence-electron chi connectivity index (χ2n) is 4.06. The first-order valence-electron chi connectivity index (χ1n) is 5.62. The number of carbonyl (C=O) groups is 1. The molecule has 0 spiro atoms. The van der Waals surface area contributed by atoms with Crippen molar-refractivity contribution in [2.75, 3.05) is 13.2 Å². The van der Waals surface area contributed by atoms with E-state index in [9.17, 15) is 9.90 Å². The molecule has 94 valence electrons. The van der Waals surface area contributed by atoms with Crippen LogP contribution in [0.5, 0.6) is 5.75 Å². The lowest BCUT2D eigenvalue weighted by Crippen LogP contribution is -2.26. The number of hydrogen-bond donors (Lipinski definition) is 1. The van der Waals surface area contributed by atoms with E-state index in [0.29, 0.717) is 5.75 Å². The Morgan fingerprint density at radius 1 is 1.24 bits per heavy atom. The number of esters is 1. The Morgan fingerprint density at radius 2 is 1.88 bits per heavy atom. The van der Waals surface area contributed by atoms with Crippen LogP contribution in [-0.2, 0) is 9.53 Å². The van der Waals surface area contributed by atoms with E-state index in [1.807, 2.05) is 18.2 Å². The zero-order valence-electron chi connectivity index (χ0n) is 10.1. The Morgan fingerprint density at radius 3 is 2.47 bits per heavy atom. The van der Waals surface area contributed by atoms with Gasteiger partial charge in [0.25, 0.3) is 0 Å². The van der Waals surface area contributed by atoms with E-state index in [1.54, 1.807) is 26.0 Å². The second kappa shape index (κ2) is 6.91. The van der Waals surface area contributed by atoms with Gasteiger partial charge in [0.1, 0.15) is 25.1 Å². The Kier molecular flexibility index (Phi) is 5.49. The quantitative estimate of drug-likeness (QED) is 0.765. The summed E-state index contributed by atoms with van der Waals surface area (Å²) < 4.78 is 10.2. The van der Waals surface area contributed by atoms with Crippen LogP contribution in [-0.4, -0.2) is 30.4 Å². The summed E-state index contributed by atoms with van der Waals surface area (Å²) >= 11 is 0. The van der Waals surface area contributed by atoms with Crippen molar-refractivity contribution in [3.8, 4) is 5.75 Å². The Balaban J connectivity index is 2.22. The summed E-state index contributed by atoms with van der Waals surface area (Å²) in [5, 5.41) is 9.54. The number of para-hydroxylation sites is 1. The van der Waals surface area contributed by atoms with Crippen LogP contribution in [0, 0.1) is 5.92 Å². The first kappa shape index (κ1) is 13.5. The maximum Gasteiger partial charge on any atom is 0.308 e. The van der Waals surface area contributed by atoms with Crippen molar-refractivity contribution in [1.29, 1.82) is 0 Å². The summed E-state index contributed by atoms with van der Waals surface area (Å²) in [6.07, 6.45) is -0.807. The smallest absolute Gasteiger partial charge is 0.308 e. The summed E-state index contributed by atoms with van der Waals surface area (Å²) in [6, 6.07) is 9.18. The summed E-state index contributed by atoms with van der Waals surface area (Å²) in [6.45, 7) is 3.56. The maximum absolute atomic E-state index is 11.1. The van der Waals surface area contributed by atoms with E-state index in [2.05, 4.69) is 0 Å². The van der Waals surface area contributed by atoms with Crippen molar-refractivity contribution in [3.63, 3.8) is 0 Å². The molecule has 0 radical (unpaired) electrons. The van der Waals surface area contributed by atoms with E-state index in [-0.39, 0.29) is 25.1 Å². The minimum Gasteiger partial charge on any atom is -0.491 e. The number of carbonyl (C=O) groups excluding carboxylic acids is 1. The average Bonchev–Trinajstić information content (AvgIpc) is 2.34. The van der Waals surface area contributed by atoms with Gasteiger partial charge in [0.05, 0.1) is 5.92 Å². The topological polar surface area (TPSA) is 55.8 Å². The molecule has 1 aromatic carbocycles. The molecule has 0 bridgehead atoms. The largest absolute Gasteiger partial charge is 0.491 e. The Bertz CT molecular complexity index is 335. The van der Waals surface area contributed by atoms with E-state index >= 15 is 0 Å². The van der Waals surface area contributed by atoms with Gasteiger partial charge >= 0.3 is 5.97 Å². The predicted molar refractivity (Wildman–Crippen MR) is 63.7 cm³/mol. The Hall–Kier alpha value is -1.55. The first-order chi connectivity index (χ1) is 8.09. The van der Waals surface area contributed by atoms with Crippen LogP contribution in [0.4, 0.5) is 0 Å². The van der Waals surface area contributed by atoms with Crippen LogP contribution in [0.3, 0.4) is 0 Å². The monoisotopic (exact) mass is 238 g/mol. The zero-order chi connectivity index (χ0) is 12.7. The van der Waals surface area contributed by atoms with Crippen molar-refractivity contribution < 1.29 is 19.4 Å². The van der Waals surface area contributed by atoms with Gasteiger partial charge in [0, 0.05) is 0 Å². The highest BCUT2D eigenvalue weighted by Crippen LogP contribution is 2.08.